The van der Waals surface area contributed by atoms with Gasteiger partial charge in [-0.3, -0.25) is 14.9 Å². The van der Waals surface area contributed by atoms with Gasteiger partial charge in [-0.1, -0.05) is 42.5 Å². The summed E-state index contributed by atoms with van der Waals surface area (Å²) in [6.07, 6.45) is -0.644. The molecule has 1 saturated heterocycles. The summed E-state index contributed by atoms with van der Waals surface area (Å²) >= 11 is 0. The van der Waals surface area contributed by atoms with Gasteiger partial charge in [-0.2, -0.15) is 0 Å². The molecule has 106 valence electrons. The van der Waals surface area contributed by atoms with Crippen molar-refractivity contribution in [3.8, 4) is 0 Å². The fraction of sp³-hybridized carbons (Fsp3) is 0.188. The number of hydrogen-bond acceptors (Lipinski definition) is 4. The number of ether oxygens (including phenoxy) is 1. The number of para-hydroxylation sites is 1. The molecule has 0 aliphatic carbocycles. The third-order valence-corrected chi connectivity index (χ3v) is 3.96. The van der Waals surface area contributed by atoms with Crippen molar-refractivity contribution in [1.82, 2.24) is 0 Å². The van der Waals surface area contributed by atoms with Crippen LogP contribution in [-0.4, -0.2) is 10.9 Å². The molecule has 2 aromatic rings. The smallest absolute Gasteiger partial charge is 0.321 e. The summed E-state index contributed by atoms with van der Waals surface area (Å²) in [5.41, 5.74) is 0.294. The zero-order chi connectivity index (χ0) is 15.0. The number of cyclic esters (lactones) is 1. The van der Waals surface area contributed by atoms with Crippen molar-refractivity contribution < 1.29 is 14.5 Å². The molecular formula is C16H13NO4. The largest absolute Gasteiger partial charge is 0.455 e. The van der Waals surface area contributed by atoms with Crippen molar-refractivity contribution in [2.45, 2.75) is 18.4 Å². The first-order chi connectivity index (χ1) is 10.0. The summed E-state index contributed by atoms with van der Waals surface area (Å²) in [4.78, 5) is 22.7. The molecule has 2 atom stereocenters. The van der Waals surface area contributed by atoms with Crippen molar-refractivity contribution in [2.24, 2.45) is 0 Å². The molecule has 0 aromatic heterocycles. The number of rotatable bonds is 3. The van der Waals surface area contributed by atoms with Gasteiger partial charge in [-0.15, -0.1) is 0 Å². The second kappa shape index (κ2) is 4.70. The van der Waals surface area contributed by atoms with E-state index < -0.39 is 16.4 Å². The molecule has 0 bridgehead atoms. The maximum atomic E-state index is 12.0. The molecule has 1 heterocycles. The lowest BCUT2D eigenvalue weighted by atomic mass is 9.70. The average Bonchev–Trinajstić information content (AvgIpc) is 2.52. The van der Waals surface area contributed by atoms with Crippen molar-refractivity contribution >= 4 is 11.7 Å². The second-order valence-corrected chi connectivity index (χ2v) is 5.17. The Labute approximate surface area is 121 Å². The number of nitro groups is 1. The molecule has 1 aliphatic heterocycles. The van der Waals surface area contributed by atoms with Crippen LogP contribution in [0.4, 0.5) is 5.69 Å². The summed E-state index contributed by atoms with van der Waals surface area (Å²) < 4.78 is 5.24. The maximum Gasteiger partial charge on any atom is 0.321 e. The molecule has 21 heavy (non-hydrogen) atoms. The highest BCUT2D eigenvalue weighted by Gasteiger charge is 2.57. The molecule has 0 N–H and O–H groups in total. The lowest BCUT2D eigenvalue weighted by molar-refractivity contribution is -0.386. The van der Waals surface area contributed by atoms with Crippen LogP contribution in [0.15, 0.2) is 54.6 Å². The summed E-state index contributed by atoms with van der Waals surface area (Å²) in [5, 5.41) is 11.2. The standard InChI is InChI=1S/C16H13NO4/c1-16(11-7-3-2-4-8-11)14(21-15(16)18)12-9-5-6-10-13(12)17(19)20/h2-10,14H,1H3/t14-,16-/m1/s1. The van der Waals surface area contributed by atoms with Gasteiger partial charge in [-0.05, 0) is 18.6 Å². The van der Waals surface area contributed by atoms with Crippen molar-refractivity contribution in [3.05, 3.63) is 75.8 Å². The molecule has 5 nitrogen and oxygen atoms in total. The first-order valence-electron chi connectivity index (χ1n) is 6.55. The van der Waals surface area contributed by atoms with Crippen LogP contribution in [0.25, 0.3) is 0 Å². The fourth-order valence-electron chi connectivity index (χ4n) is 2.70. The quantitative estimate of drug-likeness (QED) is 0.493. The zero-order valence-corrected chi connectivity index (χ0v) is 11.4. The van der Waals surface area contributed by atoms with Gasteiger partial charge in [-0.25, -0.2) is 0 Å². The molecule has 3 rings (SSSR count). The van der Waals surface area contributed by atoms with Crippen LogP contribution in [0.2, 0.25) is 0 Å². The SMILES string of the molecule is C[C@]1(c2ccccc2)C(=O)O[C@@H]1c1ccccc1[N+](=O)[O-]. The van der Waals surface area contributed by atoms with E-state index in [1.54, 1.807) is 25.1 Å². The van der Waals surface area contributed by atoms with Crippen LogP contribution < -0.4 is 0 Å². The monoisotopic (exact) mass is 283 g/mol. The van der Waals surface area contributed by atoms with Gasteiger partial charge in [0.05, 0.1) is 10.5 Å². The molecule has 2 aromatic carbocycles. The van der Waals surface area contributed by atoms with Crippen LogP contribution in [0.1, 0.15) is 24.2 Å². The van der Waals surface area contributed by atoms with Crippen molar-refractivity contribution in [1.29, 1.82) is 0 Å². The number of carbonyl (C=O) groups excluding carboxylic acids is 1. The fourth-order valence-corrected chi connectivity index (χ4v) is 2.70. The molecule has 0 amide bonds. The molecule has 1 fully saturated rings. The van der Waals surface area contributed by atoms with Crippen molar-refractivity contribution in [2.75, 3.05) is 0 Å². The van der Waals surface area contributed by atoms with Crippen LogP contribution in [0.3, 0.4) is 0 Å². The third kappa shape index (κ3) is 1.89. The molecule has 0 spiro atoms. The van der Waals surface area contributed by atoms with E-state index in [9.17, 15) is 14.9 Å². The number of esters is 1. The Bertz CT molecular complexity index is 713. The van der Waals surface area contributed by atoms with E-state index in [4.69, 9.17) is 4.74 Å². The first-order valence-corrected chi connectivity index (χ1v) is 6.55. The Hall–Kier alpha value is -2.69. The van der Waals surface area contributed by atoms with E-state index >= 15 is 0 Å². The Morgan fingerprint density at radius 2 is 1.71 bits per heavy atom. The predicted molar refractivity (Wildman–Crippen MR) is 75.7 cm³/mol. The second-order valence-electron chi connectivity index (χ2n) is 5.17. The lowest BCUT2D eigenvalue weighted by Crippen LogP contribution is -2.52. The molecule has 0 saturated carbocycles. The number of carbonyl (C=O) groups is 1. The minimum absolute atomic E-state index is 0.0304. The van der Waals surface area contributed by atoms with E-state index in [-0.39, 0.29) is 11.7 Å². The lowest BCUT2D eigenvalue weighted by Gasteiger charge is -2.44. The van der Waals surface area contributed by atoms with Gasteiger partial charge in [0.25, 0.3) is 5.69 Å². The highest BCUT2D eigenvalue weighted by atomic mass is 16.6. The number of hydrogen-bond donors (Lipinski definition) is 0. The average molecular weight is 283 g/mol. The Balaban J connectivity index is 2.09. The highest BCUT2D eigenvalue weighted by Crippen LogP contribution is 2.51. The van der Waals surface area contributed by atoms with E-state index in [1.165, 1.54) is 6.07 Å². The normalized spacial score (nSPS) is 24.0. The zero-order valence-electron chi connectivity index (χ0n) is 11.4. The molecular weight excluding hydrogens is 270 g/mol. The Morgan fingerprint density at radius 1 is 1.10 bits per heavy atom. The minimum atomic E-state index is -0.895. The van der Waals surface area contributed by atoms with Gasteiger partial charge in [0.15, 0.2) is 6.10 Å². The molecule has 1 aliphatic rings. The molecule has 0 radical (unpaired) electrons. The van der Waals surface area contributed by atoms with Crippen LogP contribution in [-0.2, 0) is 14.9 Å². The highest BCUT2D eigenvalue weighted by molar-refractivity contribution is 5.90. The number of nitro benzene ring substituents is 1. The summed E-state index contributed by atoms with van der Waals surface area (Å²) in [7, 11) is 0. The van der Waals surface area contributed by atoms with Gasteiger partial charge in [0.1, 0.15) is 5.41 Å². The van der Waals surface area contributed by atoms with Gasteiger partial charge in [0, 0.05) is 6.07 Å². The van der Waals surface area contributed by atoms with Gasteiger partial charge in [0.2, 0.25) is 0 Å². The number of benzene rings is 2. The van der Waals surface area contributed by atoms with E-state index in [0.29, 0.717) is 5.56 Å². The topological polar surface area (TPSA) is 69.4 Å². The first kappa shape index (κ1) is 13.3. The summed E-state index contributed by atoms with van der Waals surface area (Å²) in [5.74, 6) is -0.364. The van der Waals surface area contributed by atoms with Gasteiger partial charge < -0.3 is 4.74 Å². The third-order valence-electron chi connectivity index (χ3n) is 3.96. The van der Waals surface area contributed by atoms with Crippen LogP contribution in [0.5, 0.6) is 0 Å². The Morgan fingerprint density at radius 3 is 2.33 bits per heavy atom. The molecule has 0 unspecified atom stereocenters. The van der Waals surface area contributed by atoms with E-state index in [0.717, 1.165) is 5.56 Å². The molecule has 5 heteroatoms. The van der Waals surface area contributed by atoms with E-state index in [1.807, 2.05) is 30.3 Å². The maximum absolute atomic E-state index is 12.0. The van der Waals surface area contributed by atoms with Crippen LogP contribution >= 0.6 is 0 Å². The van der Waals surface area contributed by atoms with Gasteiger partial charge >= 0.3 is 5.97 Å². The summed E-state index contributed by atoms with van der Waals surface area (Å²) in [6, 6.07) is 15.6. The van der Waals surface area contributed by atoms with E-state index in [2.05, 4.69) is 0 Å². The number of nitrogens with zero attached hydrogens (tertiary/aromatic N) is 1. The predicted octanol–water partition coefficient (Wildman–Crippen LogP) is 3.15. The summed E-state index contributed by atoms with van der Waals surface area (Å²) in [6.45, 7) is 1.76. The van der Waals surface area contributed by atoms with Crippen molar-refractivity contribution in [3.63, 3.8) is 0 Å². The Kier molecular flexibility index (Phi) is 2.97. The minimum Gasteiger partial charge on any atom is -0.455 e. The van der Waals surface area contributed by atoms with Crippen LogP contribution in [0, 0.1) is 10.1 Å².